The van der Waals surface area contributed by atoms with Crippen LogP contribution >= 0.6 is 0 Å². The van der Waals surface area contributed by atoms with Crippen LogP contribution in [0, 0.1) is 23.6 Å². The van der Waals surface area contributed by atoms with Gasteiger partial charge in [-0.05, 0) is 68.7 Å². The van der Waals surface area contributed by atoms with Gasteiger partial charge in [0.15, 0.2) is 0 Å². The van der Waals surface area contributed by atoms with Gasteiger partial charge in [0.05, 0.1) is 0 Å². The van der Waals surface area contributed by atoms with E-state index >= 15 is 0 Å². The highest BCUT2D eigenvalue weighted by Crippen LogP contribution is 2.52. The lowest BCUT2D eigenvalue weighted by molar-refractivity contribution is 0.163. The van der Waals surface area contributed by atoms with Crippen molar-refractivity contribution in [3.63, 3.8) is 0 Å². The van der Waals surface area contributed by atoms with E-state index in [1.54, 1.807) is 12.1 Å². The molecule has 0 spiro atoms. The van der Waals surface area contributed by atoms with Crippen molar-refractivity contribution in [2.45, 2.75) is 31.6 Å². The summed E-state index contributed by atoms with van der Waals surface area (Å²) in [4.78, 5) is 2.27. The zero-order chi connectivity index (χ0) is 13.4. The Bertz CT molecular complexity index is 443. The van der Waals surface area contributed by atoms with E-state index in [1.807, 2.05) is 12.1 Å². The maximum absolute atomic E-state index is 14.1. The van der Waals surface area contributed by atoms with E-state index in [1.165, 1.54) is 25.7 Å². The molecule has 1 aromatic rings. The molecule has 2 aliphatic rings. The molecule has 2 heteroatoms. The molecule has 1 aromatic carbocycles. The molecule has 2 saturated carbocycles. The molecule has 0 N–H and O–H groups in total. The Kier molecular flexibility index (Phi) is 3.62. The average Bonchev–Trinajstić information content (AvgIpc) is 2.76. The molecule has 104 valence electrons. The number of benzene rings is 1. The third-order valence-electron chi connectivity index (χ3n) is 5.17. The van der Waals surface area contributed by atoms with Crippen molar-refractivity contribution in [3.8, 4) is 0 Å². The second-order valence-electron chi connectivity index (χ2n) is 6.73. The molecule has 4 unspecified atom stereocenters. The zero-order valence-electron chi connectivity index (χ0n) is 12.0. The first-order valence-electron chi connectivity index (χ1n) is 7.54. The minimum absolute atomic E-state index is 0.00226. The molecule has 2 aliphatic carbocycles. The van der Waals surface area contributed by atoms with Gasteiger partial charge >= 0.3 is 0 Å². The minimum Gasteiger partial charge on any atom is -0.309 e. The van der Waals surface area contributed by atoms with Crippen LogP contribution in [0.15, 0.2) is 24.3 Å². The second-order valence-corrected chi connectivity index (χ2v) is 6.73. The van der Waals surface area contributed by atoms with Gasteiger partial charge in [-0.15, -0.1) is 0 Å². The molecule has 2 bridgehead atoms. The van der Waals surface area contributed by atoms with Crippen LogP contribution < -0.4 is 0 Å². The lowest BCUT2D eigenvalue weighted by Crippen LogP contribution is -2.34. The van der Waals surface area contributed by atoms with Crippen LogP contribution in [0.25, 0.3) is 0 Å². The van der Waals surface area contributed by atoms with E-state index < -0.39 is 0 Å². The van der Waals surface area contributed by atoms with Crippen LogP contribution in [-0.4, -0.2) is 25.5 Å². The molecule has 3 rings (SSSR count). The Morgan fingerprint density at radius 2 is 1.95 bits per heavy atom. The SMILES string of the molecule is CN(C)CC1C2CCC(C2)CC1c1ccccc1F. The Balaban J connectivity index is 1.91. The number of hydrogen-bond acceptors (Lipinski definition) is 1. The van der Waals surface area contributed by atoms with E-state index in [4.69, 9.17) is 0 Å². The molecule has 2 fully saturated rings. The third kappa shape index (κ3) is 2.55. The summed E-state index contributed by atoms with van der Waals surface area (Å²) in [7, 11) is 4.28. The van der Waals surface area contributed by atoms with Crippen molar-refractivity contribution >= 4 is 0 Å². The Morgan fingerprint density at radius 3 is 2.68 bits per heavy atom. The summed E-state index contributed by atoms with van der Waals surface area (Å²) in [5.74, 6) is 2.71. The summed E-state index contributed by atoms with van der Waals surface area (Å²) < 4.78 is 14.1. The van der Waals surface area contributed by atoms with Crippen LogP contribution in [-0.2, 0) is 0 Å². The van der Waals surface area contributed by atoms with Crippen LogP contribution in [0.4, 0.5) is 4.39 Å². The molecule has 0 aliphatic heterocycles. The first kappa shape index (κ1) is 13.1. The number of fused-ring (bicyclic) bond motifs is 2. The van der Waals surface area contributed by atoms with Gasteiger partial charge in [-0.1, -0.05) is 24.6 Å². The van der Waals surface area contributed by atoms with Gasteiger partial charge in [-0.2, -0.15) is 0 Å². The van der Waals surface area contributed by atoms with Gasteiger partial charge in [-0.25, -0.2) is 4.39 Å². The van der Waals surface area contributed by atoms with E-state index in [0.29, 0.717) is 11.8 Å². The van der Waals surface area contributed by atoms with E-state index in [9.17, 15) is 4.39 Å². The standard InChI is InChI=1S/C17H24FN/c1-19(2)11-16-13-8-7-12(9-13)10-15(16)14-5-3-4-6-17(14)18/h3-6,12-13,15-16H,7-11H2,1-2H3. The summed E-state index contributed by atoms with van der Waals surface area (Å²) in [6.45, 7) is 1.09. The van der Waals surface area contributed by atoms with Gasteiger partial charge in [-0.3, -0.25) is 0 Å². The zero-order valence-corrected chi connectivity index (χ0v) is 12.0. The van der Waals surface area contributed by atoms with Gasteiger partial charge in [0.1, 0.15) is 5.82 Å². The Hall–Kier alpha value is -0.890. The van der Waals surface area contributed by atoms with Gasteiger partial charge in [0.25, 0.3) is 0 Å². The number of rotatable bonds is 3. The summed E-state index contributed by atoms with van der Waals surface area (Å²) in [6.07, 6.45) is 5.28. The van der Waals surface area contributed by atoms with Gasteiger partial charge in [0.2, 0.25) is 0 Å². The molecule has 1 nitrogen and oxygen atoms in total. The maximum atomic E-state index is 14.1. The molecule has 0 aromatic heterocycles. The second kappa shape index (κ2) is 5.24. The van der Waals surface area contributed by atoms with Crippen molar-refractivity contribution in [1.29, 1.82) is 0 Å². The molecule has 0 amide bonds. The largest absolute Gasteiger partial charge is 0.309 e. The molecule has 19 heavy (non-hydrogen) atoms. The number of nitrogens with zero attached hydrogens (tertiary/aromatic N) is 1. The Morgan fingerprint density at radius 1 is 1.16 bits per heavy atom. The normalized spacial score (nSPS) is 33.9. The highest BCUT2D eigenvalue weighted by molar-refractivity contribution is 5.24. The lowest BCUT2D eigenvalue weighted by atomic mass is 9.69. The van der Waals surface area contributed by atoms with Crippen LogP contribution in [0.2, 0.25) is 0 Å². The topological polar surface area (TPSA) is 3.24 Å². The fourth-order valence-corrected chi connectivity index (χ4v) is 4.41. The van der Waals surface area contributed by atoms with E-state index in [-0.39, 0.29) is 5.82 Å². The predicted octanol–water partition coefficient (Wildman–Crippen LogP) is 3.91. The van der Waals surface area contributed by atoms with Crippen molar-refractivity contribution in [2.24, 2.45) is 17.8 Å². The monoisotopic (exact) mass is 261 g/mol. The summed E-state index contributed by atoms with van der Waals surface area (Å²) in [6, 6.07) is 7.42. The summed E-state index contributed by atoms with van der Waals surface area (Å²) >= 11 is 0. The fourth-order valence-electron chi connectivity index (χ4n) is 4.41. The maximum Gasteiger partial charge on any atom is 0.126 e. The van der Waals surface area contributed by atoms with Crippen molar-refractivity contribution < 1.29 is 4.39 Å². The first-order chi connectivity index (χ1) is 9.15. The minimum atomic E-state index is -0.00226. The molecule has 0 saturated heterocycles. The fraction of sp³-hybridized carbons (Fsp3) is 0.647. The van der Waals surface area contributed by atoms with Gasteiger partial charge in [0, 0.05) is 6.54 Å². The van der Waals surface area contributed by atoms with Gasteiger partial charge < -0.3 is 4.90 Å². The van der Waals surface area contributed by atoms with Crippen molar-refractivity contribution in [1.82, 2.24) is 4.90 Å². The quantitative estimate of drug-likeness (QED) is 0.797. The smallest absolute Gasteiger partial charge is 0.126 e. The third-order valence-corrected chi connectivity index (χ3v) is 5.17. The molecule has 0 heterocycles. The van der Waals surface area contributed by atoms with Crippen molar-refractivity contribution in [3.05, 3.63) is 35.6 Å². The van der Waals surface area contributed by atoms with Crippen LogP contribution in [0.1, 0.15) is 37.2 Å². The molecule has 0 radical (unpaired) electrons. The molecular weight excluding hydrogens is 237 g/mol. The summed E-state index contributed by atoms with van der Waals surface area (Å²) in [5.41, 5.74) is 0.964. The summed E-state index contributed by atoms with van der Waals surface area (Å²) in [5, 5.41) is 0. The molecular formula is C17H24FN. The highest BCUT2D eigenvalue weighted by Gasteiger charge is 2.42. The van der Waals surface area contributed by atoms with Crippen molar-refractivity contribution in [2.75, 3.05) is 20.6 Å². The number of halogens is 1. The molecule has 4 atom stereocenters. The lowest BCUT2D eigenvalue weighted by Gasteiger charge is -2.38. The first-order valence-corrected chi connectivity index (χ1v) is 7.54. The van der Waals surface area contributed by atoms with Crippen LogP contribution in [0.5, 0.6) is 0 Å². The predicted molar refractivity (Wildman–Crippen MR) is 76.6 cm³/mol. The van der Waals surface area contributed by atoms with E-state index in [2.05, 4.69) is 19.0 Å². The highest BCUT2D eigenvalue weighted by atomic mass is 19.1. The van der Waals surface area contributed by atoms with E-state index in [0.717, 1.165) is 23.9 Å². The van der Waals surface area contributed by atoms with Crippen LogP contribution in [0.3, 0.4) is 0 Å². The average molecular weight is 261 g/mol. The number of hydrogen-bond donors (Lipinski definition) is 0. The Labute approximate surface area is 115 Å².